The molecule has 19 heavy (non-hydrogen) atoms. The fourth-order valence-corrected chi connectivity index (χ4v) is 3.39. The third-order valence-corrected chi connectivity index (χ3v) is 4.67. The molecule has 1 aromatic carbocycles. The zero-order valence-corrected chi connectivity index (χ0v) is 12.7. The van der Waals surface area contributed by atoms with Crippen LogP contribution in [0.15, 0.2) is 22.7 Å². The van der Waals surface area contributed by atoms with E-state index in [1.54, 1.807) is 0 Å². The first-order valence-corrected chi connectivity index (χ1v) is 7.58. The summed E-state index contributed by atoms with van der Waals surface area (Å²) in [5.41, 5.74) is 0.446. The molecule has 1 aromatic rings. The van der Waals surface area contributed by atoms with Gasteiger partial charge in [-0.3, -0.25) is 4.79 Å². The summed E-state index contributed by atoms with van der Waals surface area (Å²) in [6, 6.07) is 5.68. The molecule has 2 aliphatic rings. The highest BCUT2D eigenvalue weighted by atomic mass is 79.9. The average molecular weight is 324 g/mol. The molecule has 1 fully saturated rings. The number of ketones is 1. The van der Waals surface area contributed by atoms with Gasteiger partial charge in [0.25, 0.3) is 0 Å². The number of halogens is 1. The Hall–Kier alpha value is -0.870. The smallest absolute Gasteiger partial charge is 0.170 e. The summed E-state index contributed by atoms with van der Waals surface area (Å²) in [4.78, 5) is 14.7. The average Bonchev–Trinajstić information content (AvgIpc) is 2.52. The van der Waals surface area contributed by atoms with E-state index in [2.05, 4.69) is 27.9 Å². The Morgan fingerprint density at radius 1 is 1.32 bits per heavy atom. The zero-order valence-electron chi connectivity index (χ0n) is 11.1. The van der Waals surface area contributed by atoms with Crippen molar-refractivity contribution >= 4 is 21.7 Å². The lowest BCUT2D eigenvalue weighted by molar-refractivity contribution is 0.0304. The van der Waals surface area contributed by atoms with Crippen LogP contribution in [0.3, 0.4) is 0 Å². The Morgan fingerprint density at radius 2 is 2.16 bits per heavy atom. The molecule has 1 spiro atoms. The van der Waals surface area contributed by atoms with Gasteiger partial charge >= 0.3 is 0 Å². The Kier molecular flexibility index (Phi) is 3.39. The van der Waals surface area contributed by atoms with Crippen molar-refractivity contribution < 1.29 is 9.53 Å². The van der Waals surface area contributed by atoms with Gasteiger partial charge in [0.05, 0.1) is 12.0 Å². The number of ether oxygens (including phenoxy) is 1. The molecule has 0 N–H and O–H groups in total. The first-order valence-electron chi connectivity index (χ1n) is 6.78. The van der Waals surface area contributed by atoms with Crippen LogP contribution in [-0.4, -0.2) is 36.4 Å². The summed E-state index contributed by atoms with van der Waals surface area (Å²) in [6.07, 6.45) is 3.51. The summed E-state index contributed by atoms with van der Waals surface area (Å²) < 4.78 is 7.22. The standard InChI is InChI=1S/C15H18BrNO2/c1-17-7-2-5-15(6-8-17)10-13(18)12-4-3-11(16)9-14(12)19-15/h3-4,9H,2,5-8,10H2,1H3. The molecule has 3 rings (SSSR count). The van der Waals surface area contributed by atoms with E-state index in [0.29, 0.717) is 6.42 Å². The van der Waals surface area contributed by atoms with Crippen LogP contribution in [0.1, 0.15) is 36.0 Å². The second-order valence-electron chi connectivity index (χ2n) is 5.68. The number of rotatable bonds is 0. The third kappa shape index (κ3) is 2.56. The molecule has 0 aliphatic carbocycles. The van der Waals surface area contributed by atoms with Crippen molar-refractivity contribution in [3.05, 3.63) is 28.2 Å². The van der Waals surface area contributed by atoms with Crippen LogP contribution in [-0.2, 0) is 0 Å². The van der Waals surface area contributed by atoms with Crippen LogP contribution in [0, 0.1) is 0 Å². The largest absolute Gasteiger partial charge is 0.486 e. The van der Waals surface area contributed by atoms with E-state index in [-0.39, 0.29) is 11.4 Å². The first-order chi connectivity index (χ1) is 9.08. The number of carbonyl (C=O) groups is 1. The third-order valence-electron chi connectivity index (χ3n) is 4.17. The summed E-state index contributed by atoms with van der Waals surface area (Å²) in [6.45, 7) is 2.08. The lowest BCUT2D eigenvalue weighted by atomic mass is 9.84. The van der Waals surface area contributed by atoms with Gasteiger partial charge in [-0.05, 0) is 44.6 Å². The molecule has 0 saturated carbocycles. The van der Waals surface area contributed by atoms with Crippen LogP contribution in [0.5, 0.6) is 5.75 Å². The van der Waals surface area contributed by atoms with E-state index >= 15 is 0 Å². The molecule has 1 saturated heterocycles. The van der Waals surface area contributed by atoms with E-state index in [4.69, 9.17) is 4.74 Å². The Balaban J connectivity index is 1.93. The zero-order chi connectivity index (χ0) is 13.5. The van der Waals surface area contributed by atoms with E-state index in [9.17, 15) is 4.79 Å². The van der Waals surface area contributed by atoms with E-state index < -0.39 is 0 Å². The van der Waals surface area contributed by atoms with Crippen LogP contribution in [0.4, 0.5) is 0 Å². The van der Waals surface area contributed by atoms with Crippen molar-refractivity contribution in [1.82, 2.24) is 4.90 Å². The molecule has 0 radical (unpaired) electrons. The highest BCUT2D eigenvalue weighted by Crippen LogP contribution is 2.40. The maximum atomic E-state index is 12.4. The minimum atomic E-state index is -0.282. The molecule has 0 bridgehead atoms. The summed E-state index contributed by atoms with van der Waals surface area (Å²) in [5.74, 6) is 0.966. The normalized spacial score (nSPS) is 27.8. The second kappa shape index (κ2) is 4.91. The van der Waals surface area contributed by atoms with Gasteiger partial charge in [-0.15, -0.1) is 0 Å². The Labute approximate surface area is 122 Å². The number of fused-ring (bicyclic) bond motifs is 1. The second-order valence-corrected chi connectivity index (χ2v) is 6.60. The molecule has 2 heterocycles. The van der Waals surface area contributed by atoms with Gasteiger partial charge in [0.15, 0.2) is 5.78 Å². The van der Waals surface area contributed by atoms with Crippen molar-refractivity contribution in [2.45, 2.75) is 31.3 Å². The predicted molar refractivity (Wildman–Crippen MR) is 77.8 cm³/mol. The molecule has 1 atom stereocenters. The van der Waals surface area contributed by atoms with Crippen molar-refractivity contribution in [1.29, 1.82) is 0 Å². The summed E-state index contributed by atoms with van der Waals surface area (Å²) in [5, 5.41) is 0. The topological polar surface area (TPSA) is 29.5 Å². The molecular weight excluding hydrogens is 306 g/mol. The van der Waals surface area contributed by atoms with Gasteiger partial charge in [0, 0.05) is 17.4 Å². The number of Topliss-reactive ketones (excluding diaryl/α,β-unsaturated/α-hetero) is 1. The Morgan fingerprint density at radius 3 is 3.00 bits per heavy atom. The minimum Gasteiger partial charge on any atom is -0.486 e. The number of likely N-dealkylation sites (tertiary alicyclic amines) is 1. The number of benzene rings is 1. The maximum Gasteiger partial charge on any atom is 0.170 e. The Bertz CT molecular complexity index is 517. The molecule has 0 amide bonds. The molecule has 3 nitrogen and oxygen atoms in total. The van der Waals surface area contributed by atoms with Crippen LogP contribution >= 0.6 is 15.9 Å². The fourth-order valence-electron chi connectivity index (χ4n) is 3.05. The molecule has 102 valence electrons. The summed E-state index contributed by atoms with van der Waals surface area (Å²) in [7, 11) is 2.13. The fraction of sp³-hybridized carbons (Fsp3) is 0.533. The number of hydrogen-bond acceptors (Lipinski definition) is 3. The van der Waals surface area contributed by atoms with E-state index in [1.807, 2.05) is 18.2 Å². The van der Waals surface area contributed by atoms with Crippen LogP contribution < -0.4 is 4.74 Å². The first kappa shape index (κ1) is 13.1. The quantitative estimate of drug-likeness (QED) is 0.734. The van der Waals surface area contributed by atoms with Gasteiger partial charge in [-0.2, -0.15) is 0 Å². The number of nitrogens with zero attached hydrogens (tertiary/aromatic N) is 1. The number of hydrogen-bond donors (Lipinski definition) is 0. The molecule has 2 aliphatic heterocycles. The SMILES string of the molecule is CN1CCCC2(CC1)CC(=O)c1ccc(Br)cc1O2. The lowest BCUT2D eigenvalue weighted by Gasteiger charge is -2.37. The molecular formula is C15H18BrNO2. The maximum absolute atomic E-state index is 12.4. The van der Waals surface area contributed by atoms with Crippen LogP contribution in [0.2, 0.25) is 0 Å². The lowest BCUT2D eigenvalue weighted by Crippen LogP contribution is -2.42. The molecule has 4 heteroatoms. The monoisotopic (exact) mass is 323 g/mol. The van der Waals surface area contributed by atoms with Crippen molar-refractivity contribution in [3.63, 3.8) is 0 Å². The van der Waals surface area contributed by atoms with Gasteiger partial charge in [-0.1, -0.05) is 15.9 Å². The van der Waals surface area contributed by atoms with Gasteiger partial charge in [0.1, 0.15) is 11.4 Å². The summed E-state index contributed by atoms with van der Waals surface area (Å²) >= 11 is 3.45. The molecule has 0 aromatic heterocycles. The van der Waals surface area contributed by atoms with Gasteiger partial charge in [-0.25, -0.2) is 0 Å². The van der Waals surface area contributed by atoms with Gasteiger partial charge < -0.3 is 9.64 Å². The van der Waals surface area contributed by atoms with Crippen molar-refractivity contribution in [2.75, 3.05) is 20.1 Å². The highest BCUT2D eigenvalue weighted by Gasteiger charge is 2.41. The van der Waals surface area contributed by atoms with Crippen molar-refractivity contribution in [3.8, 4) is 5.75 Å². The highest BCUT2D eigenvalue weighted by molar-refractivity contribution is 9.10. The van der Waals surface area contributed by atoms with Gasteiger partial charge in [0.2, 0.25) is 0 Å². The van der Waals surface area contributed by atoms with E-state index in [1.165, 1.54) is 0 Å². The van der Waals surface area contributed by atoms with E-state index in [0.717, 1.165) is 48.1 Å². The minimum absolute atomic E-state index is 0.221. The number of carbonyl (C=O) groups excluding carboxylic acids is 1. The van der Waals surface area contributed by atoms with Crippen LogP contribution in [0.25, 0.3) is 0 Å². The molecule has 1 unspecified atom stereocenters. The predicted octanol–water partition coefficient (Wildman–Crippen LogP) is 3.27. The van der Waals surface area contributed by atoms with Crippen molar-refractivity contribution in [2.24, 2.45) is 0 Å².